The van der Waals surface area contributed by atoms with E-state index in [0.717, 1.165) is 17.2 Å². The van der Waals surface area contributed by atoms with Crippen LogP contribution in [0.5, 0.6) is 0 Å². The molecule has 0 aromatic carbocycles. The molecule has 0 aromatic rings. The van der Waals surface area contributed by atoms with Crippen molar-refractivity contribution < 1.29 is 33.3 Å². The fourth-order valence-electron chi connectivity index (χ4n) is 1.13. The van der Waals surface area contributed by atoms with Crippen LogP contribution < -0.4 is 0 Å². The highest BCUT2D eigenvalue weighted by Crippen LogP contribution is 1.97. The van der Waals surface area contributed by atoms with E-state index in [0.29, 0.717) is 31.6 Å². The van der Waals surface area contributed by atoms with Crippen LogP contribution in [0.2, 0.25) is 0 Å². The Bertz CT molecular complexity index is 527. The summed E-state index contributed by atoms with van der Waals surface area (Å²) in [5, 5.41) is 0. The van der Waals surface area contributed by atoms with E-state index in [9.17, 15) is 14.4 Å². The zero-order chi connectivity index (χ0) is 21.2. The number of ether oxygens (including phenoxy) is 4. The molecule has 0 aliphatic carbocycles. The van der Waals surface area contributed by atoms with Gasteiger partial charge < -0.3 is 18.9 Å². The molecule has 7 nitrogen and oxygen atoms in total. The number of carbonyl (C=O) groups is 3. The maximum atomic E-state index is 10.9. The Labute approximate surface area is 161 Å². The number of hydrogen-bond donors (Lipinski definition) is 0. The van der Waals surface area contributed by atoms with Gasteiger partial charge in [-0.2, -0.15) is 0 Å². The van der Waals surface area contributed by atoms with E-state index in [2.05, 4.69) is 35.8 Å². The molecule has 0 aliphatic heterocycles. The summed E-state index contributed by atoms with van der Waals surface area (Å²) in [7, 11) is 0. The second-order valence-electron chi connectivity index (χ2n) is 5.74. The summed E-state index contributed by atoms with van der Waals surface area (Å²) in [6, 6.07) is 0. The van der Waals surface area contributed by atoms with Gasteiger partial charge in [-0.3, -0.25) is 0 Å². The minimum absolute atomic E-state index is 0.203. The first-order valence-electron chi connectivity index (χ1n) is 8.30. The second-order valence-corrected chi connectivity index (χ2v) is 5.74. The molecule has 0 unspecified atom stereocenters. The van der Waals surface area contributed by atoms with Crippen molar-refractivity contribution in [2.45, 2.75) is 33.6 Å². The molecule has 0 saturated carbocycles. The summed E-state index contributed by atoms with van der Waals surface area (Å²) >= 11 is 0. The van der Waals surface area contributed by atoms with E-state index in [1.165, 1.54) is 0 Å². The van der Waals surface area contributed by atoms with Gasteiger partial charge in [-0.15, -0.1) is 0 Å². The Morgan fingerprint density at radius 3 is 1.59 bits per heavy atom. The van der Waals surface area contributed by atoms with Crippen molar-refractivity contribution >= 4 is 18.1 Å². The van der Waals surface area contributed by atoms with Crippen molar-refractivity contribution in [2.24, 2.45) is 0 Å². The average molecular weight is 382 g/mol. The second kappa shape index (κ2) is 16.6. The Balaban J connectivity index is 0. The summed E-state index contributed by atoms with van der Waals surface area (Å²) in [6.07, 6.45) is 1.74. The Morgan fingerprint density at radius 2 is 1.22 bits per heavy atom. The zero-order valence-corrected chi connectivity index (χ0v) is 16.5. The standard InChI is InChI=1S/C11H16O4.C9H14O3/c1-4-10(12)14-7-5-6-8-15-11(13)9(2)3;1-7(2)5-11-9(10)12-6-8(3)4/h4H,1-2,5-8H2,3H3;1,3,5-6H2,2,4H3. The van der Waals surface area contributed by atoms with Gasteiger partial charge in [0.15, 0.2) is 0 Å². The predicted molar refractivity (Wildman–Crippen MR) is 103 cm³/mol. The lowest BCUT2D eigenvalue weighted by Crippen LogP contribution is -2.09. The van der Waals surface area contributed by atoms with E-state index in [4.69, 9.17) is 9.47 Å². The molecule has 0 saturated heterocycles. The van der Waals surface area contributed by atoms with E-state index >= 15 is 0 Å². The van der Waals surface area contributed by atoms with Gasteiger partial charge in [-0.25, -0.2) is 14.4 Å². The molecule has 7 heteroatoms. The smallest absolute Gasteiger partial charge is 0.463 e. The maximum absolute atomic E-state index is 10.9. The van der Waals surface area contributed by atoms with Crippen molar-refractivity contribution in [2.75, 3.05) is 26.4 Å². The third-order valence-electron chi connectivity index (χ3n) is 2.40. The van der Waals surface area contributed by atoms with Crippen LogP contribution in [0.25, 0.3) is 0 Å². The van der Waals surface area contributed by atoms with Gasteiger partial charge in [0, 0.05) is 11.6 Å². The largest absolute Gasteiger partial charge is 0.508 e. The number of hydrogen-bond acceptors (Lipinski definition) is 7. The molecule has 0 heterocycles. The van der Waals surface area contributed by atoms with Crippen LogP contribution >= 0.6 is 0 Å². The van der Waals surface area contributed by atoms with Crippen molar-refractivity contribution in [3.8, 4) is 0 Å². The third-order valence-corrected chi connectivity index (χ3v) is 2.40. The zero-order valence-electron chi connectivity index (χ0n) is 16.5. The Hall–Kier alpha value is -2.83. The molecule has 0 radical (unpaired) electrons. The number of esters is 2. The highest BCUT2D eigenvalue weighted by molar-refractivity contribution is 5.86. The van der Waals surface area contributed by atoms with Crippen LogP contribution in [0.4, 0.5) is 4.79 Å². The molecule has 0 N–H and O–H groups in total. The van der Waals surface area contributed by atoms with Gasteiger partial charge >= 0.3 is 18.1 Å². The minimum Gasteiger partial charge on any atom is -0.463 e. The summed E-state index contributed by atoms with van der Waals surface area (Å²) in [5.41, 5.74) is 1.94. The molecular weight excluding hydrogens is 352 g/mol. The molecule has 0 rings (SSSR count). The van der Waals surface area contributed by atoms with Crippen LogP contribution in [0.1, 0.15) is 33.6 Å². The lowest BCUT2D eigenvalue weighted by Gasteiger charge is -2.04. The van der Waals surface area contributed by atoms with Crippen LogP contribution in [0.15, 0.2) is 49.1 Å². The molecule has 0 spiro atoms. The lowest BCUT2D eigenvalue weighted by molar-refractivity contribution is -0.140. The molecule has 0 aliphatic rings. The van der Waals surface area contributed by atoms with Gasteiger partial charge in [0.1, 0.15) is 13.2 Å². The first-order valence-corrected chi connectivity index (χ1v) is 8.30. The first-order chi connectivity index (χ1) is 12.6. The first kappa shape index (κ1) is 26.4. The summed E-state index contributed by atoms with van der Waals surface area (Å²) in [6.45, 7) is 20.0. The van der Waals surface area contributed by atoms with E-state index in [1.54, 1.807) is 20.8 Å². The van der Waals surface area contributed by atoms with Gasteiger partial charge in [0.2, 0.25) is 0 Å². The van der Waals surface area contributed by atoms with Gasteiger partial charge in [-0.1, -0.05) is 26.3 Å². The van der Waals surface area contributed by atoms with Crippen LogP contribution in [-0.2, 0) is 28.5 Å². The SMILES string of the molecule is C=C(C)COC(=O)OCC(=C)C.C=CC(=O)OCCCCOC(=O)C(=C)C. The van der Waals surface area contributed by atoms with Crippen LogP contribution in [0, 0.1) is 0 Å². The van der Waals surface area contributed by atoms with Gasteiger partial charge in [0.05, 0.1) is 13.2 Å². The van der Waals surface area contributed by atoms with Crippen molar-refractivity contribution in [1.29, 1.82) is 0 Å². The lowest BCUT2D eigenvalue weighted by atomic mass is 10.3. The monoisotopic (exact) mass is 382 g/mol. The van der Waals surface area contributed by atoms with Gasteiger partial charge in [-0.05, 0) is 44.8 Å². The molecule has 0 amide bonds. The summed E-state index contributed by atoms with van der Waals surface area (Å²) in [5.74, 6) is -0.827. The maximum Gasteiger partial charge on any atom is 0.508 e. The van der Waals surface area contributed by atoms with Crippen molar-refractivity contribution in [3.05, 3.63) is 49.1 Å². The van der Waals surface area contributed by atoms with E-state index in [-0.39, 0.29) is 13.2 Å². The highest BCUT2D eigenvalue weighted by Gasteiger charge is 2.03. The molecule has 0 fully saturated rings. The Morgan fingerprint density at radius 1 is 0.778 bits per heavy atom. The topological polar surface area (TPSA) is 88.1 Å². The predicted octanol–water partition coefficient (Wildman–Crippen LogP) is 3.91. The molecule has 0 bridgehead atoms. The van der Waals surface area contributed by atoms with E-state index in [1.807, 2.05) is 0 Å². The average Bonchev–Trinajstić information content (AvgIpc) is 2.60. The summed E-state index contributed by atoms with van der Waals surface area (Å²) in [4.78, 5) is 32.2. The normalized spacial score (nSPS) is 9.00. The quantitative estimate of drug-likeness (QED) is 0.176. The molecule has 152 valence electrons. The molecule has 0 atom stereocenters. The van der Waals surface area contributed by atoms with Crippen LogP contribution in [0.3, 0.4) is 0 Å². The highest BCUT2D eigenvalue weighted by atomic mass is 16.7. The number of unbranched alkanes of at least 4 members (excludes halogenated alkanes) is 1. The van der Waals surface area contributed by atoms with E-state index < -0.39 is 18.1 Å². The minimum atomic E-state index is -0.680. The van der Waals surface area contributed by atoms with Gasteiger partial charge in [0.25, 0.3) is 0 Å². The summed E-state index contributed by atoms with van der Waals surface area (Å²) < 4.78 is 18.9. The fraction of sp³-hybridized carbons (Fsp3) is 0.450. The third kappa shape index (κ3) is 21.1. The number of carbonyl (C=O) groups excluding carboxylic acids is 3. The Kier molecular flexibility index (Phi) is 16.3. The molecular formula is C20H30O7. The van der Waals surface area contributed by atoms with Crippen molar-refractivity contribution in [1.82, 2.24) is 0 Å². The van der Waals surface area contributed by atoms with Crippen LogP contribution in [-0.4, -0.2) is 44.5 Å². The molecule has 0 aromatic heterocycles. The fourth-order valence-corrected chi connectivity index (χ4v) is 1.13. The van der Waals surface area contributed by atoms with Crippen molar-refractivity contribution in [3.63, 3.8) is 0 Å². The number of rotatable bonds is 11. The molecule has 27 heavy (non-hydrogen) atoms.